The molecule has 12 heteroatoms. The Hall–Kier alpha value is -3.32. The number of benzene rings is 2. The van der Waals surface area contributed by atoms with Crippen molar-refractivity contribution in [1.29, 1.82) is 0 Å². The van der Waals surface area contributed by atoms with Gasteiger partial charge in [-0.3, -0.25) is 9.59 Å². The highest BCUT2D eigenvalue weighted by Gasteiger charge is 2.42. The molecule has 4 atom stereocenters. The molecule has 1 unspecified atom stereocenters. The number of hydrogen-bond acceptors (Lipinski definition) is 9. The summed E-state index contributed by atoms with van der Waals surface area (Å²) >= 11 is 1.90. The molecule has 11 nitrogen and oxygen atoms in total. The van der Waals surface area contributed by atoms with Gasteiger partial charge < -0.3 is 39.6 Å². The van der Waals surface area contributed by atoms with Crippen LogP contribution in [0, 0.1) is 6.92 Å². The number of unbranched alkanes of at least 4 members (excludes halogenated alkanes) is 1. The van der Waals surface area contributed by atoms with Gasteiger partial charge in [0.05, 0.1) is 63.2 Å². The third kappa shape index (κ3) is 9.84. The van der Waals surface area contributed by atoms with E-state index in [-0.39, 0.29) is 35.7 Å². The van der Waals surface area contributed by atoms with Crippen molar-refractivity contribution in [1.82, 2.24) is 16.0 Å². The highest BCUT2D eigenvalue weighted by molar-refractivity contribution is 8.00. The fourth-order valence-corrected chi connectivity index (χ4v) is 7.33. The highest BCUT2D eigenvalue weighted by atomic mass is 32.2. The van der Waals surface area contributed by atoms with Gasteiger partial charge >= 0.3 is 6.03 Å². The molecule has 2 aromatic carbocycles. The number of rotatable bonds is 19. The number of fused-ring (bicyclic) bond motifs is 2. The molecule has 0 spiro atoms. The van der Waals surface area contributed by atoms with Crippen LogP contribution < -0.4 is 25.4 Å². The largest absolute Gasteiger partial charge is 0.492 e. The summed E-state index contributed by atoms with van der Waals surface area (Å²) in [4.78, 5) is 36.6. The average molecular weight is 656 g/mol. The van der Waals surface area contributed by atoms with E-state index in [4.69, 9.17) is 23.7 Å². The summed E-state index contributed by atoms with van der Waals surface area (Å²) in [5, 5.41) is 9.28. The number of ketones is 1. The summed E-state index contributed by atoms with van der Waals surface area (Å²) in [6.07, 6.45) is 3.32. The third-order valence-electron chi connectivity index (χ3n) is 8.31. The topological polar surface area (TPSA) is 133 Å². The summed E-state index contributed by atoms with van der Waals surface area (Å²) in [5.74, 6) is 1.94. The minimum atomic E-state index is -0.297. The van der Waals surface area contributed by atoms with Crippen LogP contribution in [0.15, 0.2) is 42.5 Å². The number of carbonyl (C=O) groups is 3. The van der Waals surface area contributed by atoms with E-state index in [0.717, 1.165) is 36.1 Å². The summed E-state index contributed by atoms with van der Waals surface area (Å²) in [7, 11) is 0. The van der Waals surface area contributed by atoms with Gasteiger partial charge in [0, 0.05) is 30.0 Å². The van der Waals surface area contributed by atoms with E-state index in [1.165, 1.54) is 0 Å². The number of amides is 3. The monoisotopic (exact) mass is 655 g/mol. The molecule has 2 saturated heterocycles. The maximum absolute atomic E-state index is 13.0. The fraction of sp³-hybridized carbons (Fsp3) is 0.559. The molecule has 0 bridgehead atoms. The van der Waals surface area contributed by atoms with Crippen LogP contribution in [0.5, 0.6) is 11.5 Å². The van der Waals surface area contributed by atoms with Crippen molar-refractivity contribution in [2.75, 3.05) is 65.2 Å². The molecule has 0 saturated carbocycles. The van der Waals surface area contributed by atoms with Crippen LogP contribution in [-0.4, -0.2) is 100 Å². The molecule has 3 aliphatic rings. The first-order valence-corrected chi connectivity index (χ1v) is 17.2. The molecule has 3 aliphatic heterocycles. The van der Waals surface area contributed by atoms with E-state index in [9.17, 15) is 14.4 Å². The van der Waals surface area contributed by atoms with Gasteiger partial charge in [0.25, 0.3) is 0 Å². The van der Waals surface area contributed by atoms with Crippen LogP contribution in [0.2, 0.25) is 0 Å². The number of hydrogen-bond donors (Lipinski definition) is 3. The number of ether oxygens (including phenoxy) is 5. The molecule has 3 heterocycles. The molecule has 0 aromatic heterocycles. The van der Waals surface area contributed by atoms with Gasteiger partial charge in [-0.15, -0.1) is 0 Å². The Morgan fingerprint density at radius 1 is 0.935 bits per heavy atom. The van der Waals surface area contributed by atoms with Crippen LogP contribution in [0.4, 0.5) is 4.79 Å². The van der Waals surface area contributed by atoms with E-state index in [1.54, 1.807) is 18.2 Å². The second kappa shape index (κ2) is 17.6. The van der Waals surface area contributed by atoms with Crippen LogP contribution in [0.1, 0.15) is 53.1 Å². The lowest BCUT2D eigenvalue weighted by atomic mass is 9.88. The van der Waals surface area contributed by atoms with Crippen LogP contribution in [0.3, 0.4) is 0 Å². The number of thioether (sulfide) groups is 1. The predicted octanol–water partition coefficient (Wildman–Crippen LogP) is 3.62. The Bertz CT molecular complexity index is 1310. The second-order valence-electron chi connectivity index (χ2n) is 11.7. The molecule has 46 heavy (non-hydrogen) atoms. The summed E-state index contributed by atoms with van der Waals surface area (Å²) in [5.41, 5.74) is 2.70. The summed E-state index contributed by atoms with van der Waals surface area (Å²) in [6.45, 7) is 5.80. The highest BCUT2D eigenvalue weighted by Crippen LogP contribution is 2.35. The first-order valence-electron chi connectivity index (χ1n) is 16.2. The van der Waals surface area contributed by atoms with E-state index in [1.807, 2.05) is 43.0 Å². The van der Waals surface area contributed by atoms with Crippen molar-refractivity contribution in [2.24, 2.45) is 0 Å². The molecular formula is C34H45N3O8S. The Morgan fingerprint density at radius 3 is 2.46 bits per heavy atom. The lowest BCUT2D eigenvalue weighted by Crippen LogP contribution is -2.36. The Labute approximate surface area is 274 Å². The Balaban J connectivity index is 0.813. The van der Waals surface area contributed by atoms with Gasteiger partial charge in [-0.1, -0.05) is 36.2 Å². The molecule has 0 aliphatic carbocycles. The van der Waals surface area contributed by atoms with Crippen LogP contribution in [-0.2, 0) is 19.0 Å². The minimum Gasteiger partial charge on any atom is -0.492 e. The summed E-state index contributed by atoms with van der Waals surface area (Å²) in [6, 6.07) is 13.7. The zero-order chi connectivity index (χ0) is 32.1. The van der Waals surface area contributed by atoms with Crippen LogP contribution in [0.25, 0.3) is 0 Å². The normalized spacial score (nSPS) is 21.6. The first kappa shape index (κ1) is 34.0. The van der Waals surface area contributed by atoms with Crippen molar-refractivity contribution in [2.45, 2.75) is 55.9 Å². The molecule has 250 valence electrons. The van der Waals surface area contributed by atoms with E-state index >= 15 is 0 Å². The fourth-order valence-electron chi connectivity index (χ4n) is 5.78. The maximum atomic E-state index is 13.0. The molecule has 2 aromatic rings. The van der Waals surface area contributed by atoms with E-state index in [2.05, 4.69) is 16.0 Å². The Morgan fingerprint density at radius 2 is 1.67 bits per heavy atom. The van der Waals surface area contributed by atoms with Crippen molar-refractivity contribution in [3.63, 3.8) is 0 Å². The van der Waals surface area contributed by atoms with Gasteiger partial charge in [-0.2, -0.15) is 11.8 Å². The number of nitrogens with one attached hydrogen (secondary N) is 3. The lowest BCUT2D eigenvalue weighted by Gasteiger charge is -2.25. The molecule has 0 radical (unpaired) electrons. The van der Waals surface area contributed by atoms with Gasteiger partial charge in [0.15, 0.2) is 5.78 Å². The van der Waals surface area contributed by atoms with Gasteiger partial charge in [0.1, 0.15) is 24.7 Å². The van der Waals surface area contributed by atoms with Crippen LogP contribution >= 0.6 is 11.8 Å². The third-order valence-corrected chi connectivity index (χ3v) is 9.82. The quantitative estimate of drug-likeness (QED) is 0.153. The molecule has 5 rings (SSSR count). The lowest BCUT2D eigenvalue weighted by molar-refractivity contribution is -0.121. The van der Waals surface area contributed by atoms with Crippen molar-refractivity contribution in [3.8, 4) is 11.5 Å². The van der Waals surface area contributed by atoms with Gasteiger partial charge in [0.2, 0.25) is 5.91 Å². The first-order chi connectivity index (χ1) is 22.5. The van der Waals surface area contributed by atoms with E-state index in [0.29, 0.717) is 88.1 Å². The standard InChI is InChI=1S/C34H45N3O8S/c1-23-6-8-24(9-7-23)27-21-45-29-20-25(10-11-26(29)33(27)39)44-19-18-43-17-16-42-15-14-41-13-12-35-31(38)5-3-2-4-30-32-28(22-46-30)36-34(40)37-32/h6-11,20,27-28,30,32H,2-5,12-19,21-22H2,1H3,(H,35,38)(H2,36,37,40)/t27?,28-,30-,32-/m0/s1. The van der Waals surface area contributed by atoms with Crippen molar-refractivity contribution >= 4 is 29.5 Å². The van der Waals surface area contributed by atoms with Gasteiger partial charge in [-0.05, 0) is 37.5 Å². The second-order valence-corrected chi connectivity index (χ2v) is 13.0. The maximum Gasteiger partial charge on any atom is 0.315 e. The number of Topliss-reactive ketones (excluding diaryl/α,β-unsaturated/α-hetero) is 1. The zero-order valence-corrected chi connectivity index (χ0v) is 27.2. The minimum absolute atomic E-state index is 0.0378. The van der Waals surface area contributed by atoms with E-state index < -0.39 is 0 Å². The van der Waals surface area contributed by atoms with Crippen molar-refractivity contribution in [3.05, 3.63) is 59.2 Å². The number of aryl methyl sites for hydroxylation is 1. The Kier molecular flexibility index (Phi) is 13.0. The molecular weight excluding hydrogens is 610 g/mol. The smallest absolute Gasteiger partial charge is 0.315 e. The number of urea groups is 1. The molecule has 3 amide bonds. The SMILES string of the molecule is Cc1ccc(C2COc3cc(OCCOCCOCCOCCNC(=O)CCCC[C@@H]4SC[C@@H]5NC(=O)N[C@@H]54)ccc3C2=O)cc1. The summed E-state index contributed by atoms with van der Waals surface area (Å²) < 4.78 is 28.3. The molecule has 2 fully saturated rings. The van der Waals surface area contributed by atoms with Crippen molar-refractivity contribution < 1.29 is 38.1 Å². The van der Waals surface area contributed by atoms with Gasteiger partial charge in [-0.25, -0.2) is 4.79 Å². The predicted molar refractivity (Wildman–Crippen MR) is 175 cm³/mol. The zero-order valence-electron chi connectivity index (χ0n) is 26.4. The number of carbonyl (C=O) groups excluding carboxylic acids is 3. The average Bonchev–Trinajstić information content (AvgIpc) is 3.61. The molecule has 3 N–H and O–H groups in total.